The van der Waals surface area contributed by atoms with Gasteiger partial charge in [-0.25, -0.2) is 4.98 Å². The van der Waals surface area contributed by atoms with Crippen LogP contribution in [0.1, 0.15) is 30.7 Å². The van der Waals surface area contributed by atoms with E-state index in [2.05, 4.69) is 17.5 Å². The third-order valence-corrected chi connectivity index (χ3v) is 5.92. The fraction of sp³-hybridized carbons (Fsp3) is 0.211. The lowest BCUT2D eigenvalue weighted by atomic mass is 10.1. The summed E-state index contributed by atoms with van der Waals surface area (Å²) >= 11 is 9.33. The predicted molar refractivity (Wildman–Crippen MR) is 104 cm³/mol. The van der Waals surface area contributed by atoms with Gasteiger partial charge < -0.3 is 5.11 Å². The maximum atomic E-state index is 9.83. The van der Waals surface area contributed by atoms with Crippen LogP contribution in [0.15, 0.2) is 58.8 Å². The van der Waals surface area contributed by atoms with Gasteiger partial charge in [0.15, 0.2) is 0 Å². The van der Waals surface area contributed by atoms with Crippen LogP contribution in [0, 0.1) is 0 Å². The highest BCUT2D eigenvalue weighted by Gasteiger charge is 2.07. The van der Waals surface area contributed by atoms with E-state index < -0.39 is 0 Å². The Morgan fingerprint density at radius 2 is 1.83 bits per heavy atom. The zero-order valence-electron chi connectivity index (χ0n) is 13.3. The lowest BCUT2D eigenvalue weighted by Crippen LogP contribution is -1.94. The highest BCUT2D eigenvalue weighted by atomic mass is 35.5. The first-order valence-electron chi connectivity index (χ1n) is 7.77. The number of thiazole rings is 1. The molecule has 2 nitrogen and oxygen atoms in total. The number of halogens is 1. The van der Waals surface area contributed by atoms with Crippen LogP contribution in [0.2, 0.25) is 5.02 Å². The van der Waals surface area contributed by atoms with E-state index in [1.165, 1.54) is 4.90 Å². The van der Waals surface area contributed by atoms with E-state index in [-0.39, 0.29) is 6.10 Å². The Kier molecular flexibility index (Phi) is 5.95. The number of aromatic nitrogens is 1. The third-order valence-electron chi connectivity index (χ3n) is 3.68. The van der Waals surface area contributed by atoms with Crippen molar-refractivity contribution in [3.8, 4) is 10.6 Å². The highest BCUT2D eigenvalue weighted by Crippen LogP contribution is 2.29. The summed E-state index contributed by atoms with van der Waals surface area (Å²) in [7, 11) is 0. The van der Waals surface area contributed by atoms with Crippen molar-refractivity contribution in [1.29, 1.82) is 0 Å². The Bertz CT molecular complexity index is 784. The Morgan fingerprint density at radius 1 is 1.12 bits per heavy atom. The number of thioether (sulfide) groups is 1. The summed E-state index contributed by atoms with van der Waals surface area (Å²) in [5, 5.41) is 13.7. The molecule has 0 saturated heterocycles. The average molecular weight is 376 g/mol. The average Bonchev–Trinajstić information content (AvgIpc) is 3.09. The lowest BCUT2D eigenvalue weighted by molar-refractivity contribution is 0.173. The van der Waals surface area contributed by atoms with Crippen LogP contribution in [-0.2, 0) is 5.75 Å². The number of benzene rings is 2. The molecule has 24 heavy (non-hydrogen) atoms. The van der Waals surface area contributed by atoms with E-state index in [0.29, 0.717) is 0 Å². The number of hydrogen-bond donors (Lipinski definition) is 1. The second-order valence-electron chi connectivity index (χ2n) is 5.43. The smallest absolute Gasteiger partial charge is 0.123 e. The molecule has 3 rings (SSSR count). The standard InChI is InChI=1S/C19H18ClNOS2/c1-2-18(22)13-5-9-17(10-6-13)23-11-16-12-24-19(21-16)14-3-7-15(20)8-4-14/h3-10,12,18,22H,2,11H2,1H3. The number of hydrogen-bond acceptors (Lipinski definition) is 4. The van der Waals surface area contributed by atoms with Crippen molar-refractivity contribution < 1.29 is 5.11 Å². The minimum atomic E-state index is -0.371. The largest absolute Gasteiger partial charge is 0.388 e. The topological polar surface area (TPSA) is 33.1 Å². The molecular weight excluding hydrogens is 358 g/mol. The summed E-state index contributed by atoms with van der Waals surface area (Å²) < 4.78 is 0. The van der Waals surface area contributed by atoms with Crippen LogP contribution in [0.5, 0.6) is 0 Å². The van der Waals surface area contributed by atoms with Gasteiger partial charge in [-0.15, -0.1) is 23.1 Å². The fourth-order valence-electron chi connectivity index (χ4n) is 2.28. The highest BCUT2D eigenvalue weighted by molar-refractivity contribution is 7.98. The summed E-state index contributed by atoms with van der Waals surface area (Å²) in [5.41, 5.74) is 3.15. The second-order valence-corrected chi connectivity index (χ2v) is 7.78. The quantitative estimate of drug-likeness (QED) is 0.520. The number of rotatable bonds is 6. The van der Waals surface area contributed by atoms with Gasteiger partial charge in [-0.1, -0.05) is 42.8 Å². The van der Waals surface area contributed by atoms with Crippen molar-refractivity contribution in [2.24, 2.45) is 0 Å². The molecule has 0 radical (unpaired) electrons. The second kappa shape index (κ2) is 8.17. The Labute approximate surface area is 155 Å². The molecule has 1 N–H and O–H groups in total. The van der Waals surface area contributed by atoms with Crippen LogP contribution in [0.3, 0.4) is 0 Å². The van der Waals surface area contributed by atoms with E-state index in [1.807, 2.05) is 43.3 Å². The molecule has 1 atom stereocenters. The first kappa shape index (κ1) is 17.5. The molecule has 2 aromatic carbocycles. The molecular formula is C19H18ClNOS2. The molecule has 0 saturated carbocycles. The van der Waals surface area contributed by atoms with Crippen LogP contribution >= 0.6 is 34.7 Å². The zero-order chi connectivity index (χ0) is 16.9. The van der Waals surface area contributed by atoms with E-state index in [9.17, 15) is 5.11 Å². The van der Waals surface area contributed by atoms with E-state index in [1.54, 1.807) is 23.1 Å². The van der Waals surface area contributed by atoms with Gasteiger partial charge >= 0.3 is 0 Å². The van der Waals surface area contributed by atoms with Gasteiger partial charge in [0.05, 0.1) is 11.8 Å². The molecule has 0 bridgehead atoms. The number of aliphatic hydroxyl groups is 1. The molecule has 0 fully saturated rings. The summed E-state index contributed by atoms with van der Waals surface area (Å²) in [6.07, 6.45) is 0.364. The van der Waals surface area contributed by atoms with Gasteiger partial charge in [0.2, 0.25) is 0 Å². The Balaban J connectivity index is 1.62. The van der Waals surface area contributed by atoms with Crippen molar-refractivity contribution in [1.82, 2.24) is 4.98 Å². The van der Waals surface area contributed by atoms with Crippen LogP contribution in [0.25, 0.3) is 10.6 Å². The summed E-state index contributed by atoms with van der Waals surface area (Å²) in [6, 6.07) is 15.9. The molecule has 1 heterocycles. The van der Waals surface area contributed by atoms with Gasteiger partial charge in [-0.3, -0.25) is 0 Å². The molecule has 0 aliphatic rings. The van der Waals surface area contributed by atoms with E-state index in [4.69, 9.17) is 16.6 Å². The molecule has 0 amide bonds. The van der Waals surface area contributed by atoms with Gasteiger partial charge in [-0.05, 0) is 36.2 Å². The maximum absolute atomic E-state index is 9.83. The molecule has 1 unspecified atom stereocenters. The zero-order valence-corrected chi connectivity index (χ0v) is 15.7. The summed E-state index contributed by atoms with van der Waals surface area (Å²) in [6.45, 7) is 1.98. The predicted octanol–water partition coefficient (Wildman–Crippen LogP) is 6.20. The van der Waals surface area contributed by atoms with Gasteiger partial charge in [0.1, 0.15) is 5.01 Å². The minimum Gasteiger partial charge on any atom is -0.388 e. The van der Waals surface area contributed by atoms with Gasteiger partial charge in [-0.2, -0.15) is 0 Å². The molecule has 1 aromatic heterocycles. The molecule has 124 valence electrons. The minimum absolute atomic E-state index is 0.371. The monoisotopic (exact) mass is 375 g/mol. The SMILES string of the molecule is CCC(O)c1ccc(SCc2csc(-c3ccc(Cl)cc3)n2)cc1. The molecule has 0 aliphatic carbocycles. The van der Waals surface area contributed by atoms with Crippen molar-refractivity contribution in [2.75, 3.05) is 0 Å². The van der Waals surface area contributed by atoms with Crippen molar-refractivity contribution in [3.05, 3.63) is 70.2 Å². The summed E-state index contributed by atoms with van der Waals surface area (Å²) in [4.78, 5) is 5.88. The van der Waals surface area contributed by atoms with Crippen molar-refractivity contribution in [2.45, 2.75) is 30.1 Å². The Hall–Kier alpha value is -1.33. The van der Waals surface area contributed by atoms with Gasteiger partial charge in [0, 0.05) is 26.6 Å². The van der Waals surface area contributed by atoms with Crippen LogP contribution in [0.4, 0.5) is 0 Å². The third kappa shape index (κ3) is 4.39. The number of aliphatic hydroxyl groups excluding tert-OH is 1. The van der Waals surface area contributed by atoms with Crippen LogP contribution < -0.4 is 0 Å². The van der Waals surface area contributed by atoms with Crippen molar-refractivity contribution in [3.63, 3.8) is 0 Å². The van der Waals surface area contributed by atoms with E-state index in [0.717, 1.165) is 39.0 Å². The molecule has 5 heteroatoms. The fourth-order valence-corrected chi connectivity index (χ4v) is 4.13. The first-order chi connectivity index (χ1) is 11.7. The van der Waals surface area contributed by atoms with E-state index >= 15 is 0 Å². The maximum Gasteiger partial charge on any atom is 0.123 e. The van der Waals surface area contributed by atoms with Crippen LogP contribution in [-0.4, -0.2) is 10.1 Å². The van der Waals surface area contributed by atoms with Crippen molar-refractivity contribution >= 4 is 34.7 Å². The molecule has 0 spiro atoms. The number of nitrogens with zero attached hydrogens (tertiary/aromatic N) is 1. The Morgan fingerprint density at radius 3 is 2.50 bits per heavy atom. The first-order valence-corrected chi connectivity index (χ1v) is 10.0. The lowest BCUT2D eigenvalue weighted by Gasteiger charge is -2.08. The molecule has 3 aromatic rings. The molecule has 0 aliphatic heterocycles. The normalized spacial score (nSPS) is 12.3. The van der Waals surface area contributed by atoms with Gasteiger partial charge in [0.25, 0.3) is 0 Å². The summed E-state index contributed by atoms with van der Waals surface area (Å²) in [5.74, 6) is 0.833.